The van der Waals surface area contributed by atoms with E-state index in [1.807, 2.05) is 12.3 Å². The third-order valence-corrected chi connectivity index (χ3v) is 3.31. The van der Waals surface area contributed by atoms with Crippen molar-refractivity contribution in [2.75, 3.05) is 18.0 Å². The third-order valence-electron chi connectivity index (χ3n) is 3.31. The predicted molar refractivity (Wildman–Crippen MR) is 68.3 cm³/mol. The number of anilines is 1. The highest BCUT2D eigenvalue weighted by Gasteiger charge is 2.23. The van der Waals surface area contributed by atoms with E-state index in [1.165, 1.54) is 6.42 Å². The predicted octanol–water partition coefficient (Wildman–Crippen LogP) is 1.65. The van der Waals surface area contributed by atoms with Crippen LogP contribution in [0.15, 0.2) is 37.2 Å². The summed E-state index contributed by atoms with van der Waals surface area (Å²) in [5, 5.41) is 0. The molecule has 0 unspecified atom stereocenters. The smallest absolute Gasteiger partial charge is 0.131 e. The fourth-order valence-electron chi connectivity index (χ4n) is 2.42. The Bertz CT molecular complexity index is 442. The summed E-state index contributed by atoms with van der Waals surface area (Å²) in [7, 11) is 0. The molecule has 92 valence electrons. The molecule has 2 aromatic heterocycles. The van der Waals surface area contributed by atoms with Crippen molar-refractivity contribution in [3.05, 3.63) is 42.9 Å². The van der Waals surface area contributed by atoms with Gasteiger partial charge in [-0.3, -0.25) is 9.97 Å². The van der Waals surface area contributed by atoms with Crippen molar-refractivity contribution in [2.45, 2.75) is 18.8 Å². The van der Waals surface area contributed by atoms with E-state index in [0.717, 1.165) is 31.0 Å². The van der Waals surface area contributed by atoms with Gasteiger partial charge in [-0.1, -0.05) is 0 Å². The fourth-order valence-corrected chi connectivity index (χ4v) is 2.42. The summed E-state index contributed by atoms with van der Waals surface area (Å²) in [6, 6.07) is 1.96. The van der Waals surface area contributed by atoms with Crippen molar-refractivity contribution >= 4 is 5.82 Å². The molecule has 1 aliphatic heterocycles. The molecule has 3 rings (SSSR count). The molecule has 0 spiro atoms. The molecule has 0 aromatic carbocycles. The van der Waals surface area contributed by atoms with Crippen molar-refractivity contribution < 1.29 is 0 Å². The van der Waals surface area contributed by atoms with Crippen LogP contribution >= 0.6 is 0 Å². The maximum absolute atomic E-state index is 4.41. The lowest BCUT2D eigenvalue weighted by Gasteiger charge is -2.33. The minimum absolute atomic E-state index is 0.447. The molecule has 0 aliphatic carbocycles. The Kier molecular flexibility index (Phi) is 3.12. The van der Waals surface area contributed by atoms with Crippen LogP contribution in [0.3, 0.4) is 0 Å². The number of rotatable bonds is 2. The minimum Gasteiger partial charge on any atom is -0.356 e. The maximum Gasteiger partial charge on any atom is 0.131 e. The molecule has 1 atom stereocenters. The van der Waals surface area contributed by atoms with Crippen molar-refractivity contribution in [1.29, 1.82) is 0 Å². The molecule has 5 nitrogen and oxygen atoms in total. The van der Waals surface area contributed by atoms with Gasteiger partial charge in [0.2, 0.25) is 0 Å². The van der Waals surface area contributed by atoms with Gasteiger partial charge in [0.25, 0.3) is 0 Å². The van der Waals surface area contributed by atoms with Gasteiger partial charge in [0.15, 0.2) is 0 Å². The quantitative estimate of drug-likeness (QED) is 0.800. The Hall–Kier alpha value is -2.04. The third kappa shape index (κ3) is 2.30. The Labute approximate surface area is 106 Å². The van der Waals surface area contributed by atoms with E-state index < -0.39 is 0 Å². The van der Waals surface area contributed by atoms with Gasteiger partial charge in [-0.2, -0.15) is 0 Å². The second kappa shape index (κ2) is 5.08. The van der Waals surface area contributed by atoms with Gasteiger partial charge in [-0.05, 0) is 18.9 Å². The normalized spacial score (nSPS) is 19.8. The number of aromatic nitrogens is 4. The monoisotopic (exact) mass is 241 g/mol. The topological polar surface area (TPSA) is 54.8 Å². The second-order valence-electron chi connectivity index (χ2n) is 4.48. The first kappa shape index (κ1) is 11.1. The van der Waals surface area contributed by atoms with Crippen LogP contribution in [0, 0.1) is 0 Å². The van der Waals surface area contributed by atoms with E-state index in [9.17, 15) is 0 Å². The minimum atomic E-state index is 0.447. The molecule has 3 heterocycles. The molecule has 2 aromatic rings. The molecule has 0 amide bonds. The van der Waals surface area contributed by atoms with Crippen LogP contribution in [0.5, 0.6) is 0 Å². The molecule has 0 saturated carbocycles. The van der Waals surface area contributed by atoms with Crippen LogP contribution in [0.2, 0.25) is 0 Å². The van der Waals surface area contributed by atoms with Crippen LogP contribution < -0.4 is 4.90 Å². The van der Waals surface area contributed by atoms with Crippen LogP contribution in [0.25, 0.3) is 0 Å². The number of hydrogen-bond donors (Lipinski definition) is 0. The van der Waals surface area contributed by atoms with Gasteiger partial charge in [-0.25, -0.2) is 9.97 Å². The van der Waals surface area contributed by atoms with Crippen LogP contribution in [-0.2, 0) is 0 Å². The molecule has 1 saturated heterocycles. The van der Waals surface area contributed by atoms with E-state index in [0.29, 0.717) is 5.92 Å². The van der Waals surface area contributed by atoms with Gasteiger partial charge in [0.1, 0.15) is 12.1 Å². The maximum atomic E-state index is 4.41. The summed E-state index contributed by atoms with van der Waals surface area (Å²) < 4.78 is 0. The molecular weight excluding hydrogens is 226 g/mol. The molecule has 0 N–H and O–H groups in total. The molecule has 1 aliphatic rings. The van der Waals surface area contributed by atoms with Crippen molar-refractivity contribution in [1.82, 2.24) is 19.9 Å². The summed E-state index contributed by atoms with van der Waals surface area (Å²) >= 11 is 0. The number of piperidine rings is 1. The summed E-state index contributed by atoms with van der Waals surface area (Å²) in [5.74, 6) is 1.45. The summed E-state index contributed by atoms with van der Waals surface area (Å²) in [5.41, 5.74) is 1.08. The van der Waals surface area contributed by atoms with Crippen LogP contribution in [0.4, 0.5) is 5.82 Å². The molecule has 5 heteroatoms. The zero-order valence-corrected chi connectivity index (χ0v) is 10.1. The van der Waals surface area contributed by atoms with E-state index in [1.54, 1.807) is 24.9 Å². The SMILES string of the molecule is c1cc(N2CCC[C@H](c3cnccn3)C2)ncn1. The summed E-state index contributed by atoms with van der Waals surface area (Å²) in [4.78, 5) is 19.1. The zero-order valence-electron chi connectivity index (χ0n) is 10.1. The number of nitrogens with zero attached hydrogens (tertiary/aromatic N) is 5. The average molecular weight is 241 g/mol. The van der Waals surface area contributed by atoms with Gasteiger partial charge < -0.3 is 4.90 Å². The van der Waals surface area contributed by atoms with Gasteiger partial charge >= 0.3 is 0 Å². The molecule has 18 heavy (non-hydrogen) atoms. The lowest BCUT2D eigenvalue weighted by molar-refractivity contribution is 0.497. The van der Waals surface area contributed by atoms with Gasteiger partial charge in [0, 0.05) is 43.8 Å². The summed E-state index contributed by atoms with van der Waals surface area (Å²) in [6.07, 6.45) is 11.1. The van der Waals surface area contributed by atoms with Gasteiger partial charge in [-0.15, -0.1) is 0 Å². The highest BCUT2D eigenvalue weighted by Crippen LogP contribution is 2.27. The molecule has 0 radical (unpaired) electrons. The Balaban J connectivity index is 1.77. The highest BCUT2D eigenvalue weighted by molar-refractivity contribution is 5.38. The lowest BCUT2D eigenvalue weighted by atomic mass is 9.95. The standard InChI is InChI=1S/C13H15N5/c1-2-11(12-8-14-5-6-16-12)9-18(7-1)13-3-4-15-10-17-13/h3-6,8,10-11H,1-2,7,9H2/t11-/m0/s1. The Morgan fingerprint density at radius 3 is 2.89 bits per heavy atom. The number of hydrogen-bond acceptors (Lipinski definition) is 5. The van der Waals surface area contributed by atoms with E-state index in [-0.39, 0.29) is 0 Å². The molecule has 0 bridgehead atoms. The molecular formula is C13H15N5. The first-order valence-electron chi connectivity index (χ1n) is 6.20. The van der Waals surface area contributed by atoms with Crippen LogP contribution in [-0.4, -0.2) is 33.0 Å². The van der Waals surface area contributed by atoms with E-state index in [4.69, 9.17) is 0 Å². The van der Waals surface area contributed by atoms with Crippen LogP contribution in [0.1, 0.15) is 24.5 Å². The van der Waals surface area contributed by atoms with Crippen molar-refractivity contribution in [3.8, 4) is 0 Å². The fraction of sp³-hybridized carbons (Fsp3) is 0.385. The lowest BCUT2D eigenvalue weighted by Crippen LogP contribution is -2.35. The second-order valence-corrected chi connectivity index (χ2v) is 4.48. The highest BCUT2D eigenvalue weighted by atomic mass is 15.2. The van der Waals surface area contributed by atoms with Crippen molar-refractivity contribution in [2.24, 2.45) is 0 Å². The summed E-state index contributed by atoms with van der Waals surface area (Å²) in [6.45, 7) is 2.00. The Morgan fingerprint density at radius 1 is 1.11 bits per heavy atom. The average Bonchev–Trinajstić information content (AvgIpc) is 2.49. The van der Waals surface area contributed by atoms with E-state index >= 15 is 0 Å². The largest absolute Gasteiger partial charge is 0.356 e. The van der Waals surface area contributed by atoms with Crippen molar-refractivity contribution in [3.63, 3.8) is 0 Å². The zero-order chi connectivity index (χ0) is 12.2. The Morgan fingerprint density at radius 2 is 2.11 bits per heavy atom. The molecule has 1 fully saturated rings. The first-order valence-corrected chi connectivity index (χ1v) is 6.20. The van der Waals surface area contributed by atoms with E-state index in [2.05, 4.69) is 24.8 Å². The van der Waals surface area contributed by atoms with Gasteiger partial charge in [0.05, 0.1) is 5.69 Å². The first-order chi connectivity index (χ1) is 8.93.